The van der Waals surface area contributed by atoms with Gasteiger partial charge in [0.15, 0.2) is 18.1 Å². The summed E-state index contributed by atoms with van der Waals surface area (Å²) in [7, 11) is 1.54. The first kappa shape index (κ1) is 19.3. The van der Waals surface area contributed by atoms with E-state index in [1.54, 1.807) is 42.5 Å². The topological polar surface area (TPSA) is 73.9 Å². The number of carbonyl (C=O) groups excluding carboxylic acids is 2. The highest BCUT2D eigenvalue weighted by Gasteiger charge is 2.10. The number of esters is 1. The molecule has 0 saturated heterocycles. The summed E-state index contributed by atoms with van der Waals surface area (Å²) in [5.74, 6) is 0.294. The van der Waals surface area contributed by atoms with Gasteiger partial charge in [-0.1, -0.05) is 31.5 Å². The van der Waals surface area contributed by atoms with Crippen LogP contribution in [0.15, 0.2) is 48.5 Å². The number of hydrogen-bond acceptors (Lipinski definition) is 5. The second-order valence-corrected chi connectivity index (χ2v) is 5.56. The van der Waals surface area contributed by atoms with E-state index in [1.165, 1.54) is 7.11 Å². The summed E-state index contributed by atoms with van der Waals surface area (Å²) in [6.07, 6.45) is 1.78. The van der Waals surface area contributed by atoms with Gasteiger partial charge in [-0.3, -0.25) is 4.79 Å². The van der Waals surface area contributed by atoms with Crippen LogP contribution in [0.4, 0.5) is 5.69 Å². The van der Waals surface area contributed by atoms with Crippen molar-refractivity contribution in [1.82, 2.24) is 0 Å². The van der Waals surface area contributed by atoms with Crippen LogP contribution in [0.5, 0.6) is 11.5 Å². The van der Waals surface area contributed by atoms with Gasteiger partial charge in [-0.2, -0.15) is 0 Å². The van der Waals surface area contributed by atoms with E-state index in [0.717, 1.165) is 12.8 Å². The van der Waals surface area contributed by atoms with Gasteiger partial charge in [-0.15, -0.1) is 0 Å². The molecule has 1 N–H and O–H groups in total. The predicted molar refractivity (Wildman–Crippen MR) is 98.8 cm³/mol. The molecule has 0 saturated carbocycles. The van der Waals surface area contributed by atoms with Gasteiger partial charge >= 0.3 is 5.97 Å². The fourth-order valence-corrected chi connectivity index (χ4v) is 2.19. The number of nitrogens with one attached hydrogen (secondary N) is 1. The minimum absolute atomic E-state index is 0.175. The number of rotatable bonds is 9. The second kappa shape index (κ2) is 10.1. The smallest absolute Gasteiger partial charge is 0.338 e. The van der Waals surface area contributed by atoms with Crippen LogP contribution in [0.25, 0.3) is 0 Å². The van der Waals surface area contributed by atoms with Crippen LogP contribution in [-0.2, 0) is 9.53 Å². The van der Waals surface area contributed by atoms with Crippen molar-refractivity contribution in [3.8, 4) is 11.5 Å². The summed E-state index contributed by atoms with van der Waals surface area (Å²) in [6, 6.07) is 13.7. The number of anilines is 1. The number of hydrogen-bond donors (Lipinski definition) is 1. The molecule has 6 nitrogen and oxygen atoms in total. The molecule has 1 amide bonds. The fraction of sp³-hybridized carbons (Fsp3) is 0.300. The third kappa shape index (κ3) is 5.81. The van der Waals surface area contributed by atoms with Crippen LogP contribution in [0.2, 0.25) is 0 Å². The zero-order valence-corrected chi connectivity index (χ0v) is 15.0. The number of para-hydroxylation sites is 2. The zero-order chi connectivity index (χ0) is 18.8. The van der Waals surface area contributed by atoms with Crippen LogP contribution in [0.3, 0.4) is 0 Å². The SMILES string of the molecule is CCCCOC(=O)c1cccc(NC(=O)COc2ccccc2OC)c1. The molecule has 0 aromatic heterocycles. The summed E-state index contributed by atoms with van der Waals surface area (Å²) in [5.41, 5.74) is 0.896. The molecule has 0 heterocycles. The van der Waals surface area contributed by atoms with Crippen molar-refractivity contribution in [3.63, 3.8) is 0 Å². The largest absolute Gasteiger partial charge is 0.493 e. The highest BCUT2D eigenvalue weighted by Crippen LogP contribution is 2.25. The molecular weight excluding hydrogens is 334 g/mol. The Labute approximate surface area is 153 Å². The Morgan fingerprint density at radius 1 is 1.04 bits per heavy atom. The molecule has 0 bridgehead atoms. The number of carbonyl (C=O) groups is 2. The third-order valence-electron chi connectivity index (χ3n) is 3.54. The summed E-state index contributed by atoms with van der Waals surface area (Å²) in [6.45, 7) is 2.24. The van der Waals surface area contributed by atoms with E-state index in [0.29, 0.717) is 29.4 Å². The Morgan fingerprint density at radius 2 is 1.81 bits per heavy atom. The Kier molecular flexibility index (Phi) is 7.49. The van der Waals surface area contributed by atoms with Crippen molar-refractivity contribution in [2.75, 3.05) is 25.6 Å². The summed E-state index contributed by atoms with van der Waals surface area (Å²) in [5, 5.41) is 2.70. The van der Waals surface area contributed by atoms with E-state index in [-0.39, 0.29) is 12.5 Å². The quantitative estimate of drug-likeness (QED) is 0.547. The van der Waals surface area contributed by atoms with Crippen LogP contribution in [-0.4, -0.2) is 32.2 Å². The first-order valence-corrected chi connectivity index (χ1v) is 8.47. The molecule has 0 aliphatic rings. The normalized spacial score (nSPS) is 10.1. The monoisotopic (exact) mass is 357 g/mol. The standard InChI is InChI=1S/C20H23NO5/c1-3-4-12-25-20(23)15-8-7-9-16(13-15)21-19(22)14-26-18-11-6-5-10-17(18)24-2/h5-11,13H,3-4,12,14H2,1-2H3,(H,21,22). The molecule has 0 atom stereocenters. The number of ether oxygens (including phenoxy) is 3. The van der Waals surface area contributed by atoms with Crippen LogP contribution in [0.1, 0.15) is 30.1 Å². The van der Waals surface area contributed by atoms with E-state index < -0.39 is 5.97 Å². The van der Waals surface area contributed by atoms with Crippen molar-refractivity contribution in [2.24, 2.45) is 0 Å². The molecule has 0 spiro atoms. The maximum atomic E-state index is 12.1. The summed E-state index contributed by atoms with van der Waals surface area (Å²) >= 11 is 0. The lowest BCUT2D eigenvalue weighted by molar-refractivity contribution is -0.118. The lowest BCUT2D eigenvalue weighted by Crippen LogP contribution is -2.20. The Hall–Kier alpha value is -3.02. The van der Waals surface area contributed by atoms with Gasteiger partial charge in [0.05, 0.1) is 19.3 Å². The molecule has 26 heavy (non-hydrogen) atoms. The molecule has 0 aliphatic carbocycles. The highest BCUT2D eigenvalue weighted by molar-refractivity contribution is 5.95. The van der Waals surface area contributed by atoms with Crippen molar-refractivity contribution < 1.29 is 23.8 Å². The molecule has 2 rings (SSSR count). The van der Waals surface area contributed by atoms with Crippen LogP contribution >= 0.6 is 0 Å². The average molecular weight is 357 g/mol. The Balaban J connectivity index is 1.90. The maximum Gasteiger partial charge on any atom is 0.338 e. The fourth-order valence-electron chi connectivity index (χ4n) is 2.19. The van der Waals surface area contributed by atoms with E-state index in [4.69, 9.17) is 14.2 Å². The molecule has 0 aliphatic heterocycles. The molecule has 0 fully saturated rings. The van der Waals surface area contributed by atoms with Crippen LogP contribution in [0, 0.1) is 0 Å². The van der Waals surface area contributed by atoms with Gasteiger partial charge in [0.25, 0.3) is 5.91 Å². The Bertz CT molecular complexity index is 744. The van der Waals surface area contributed by atoms with Gasteiger partial charge in [0.2, 0.25) is 0 Å². The van der Waals surface area contributed by atoms with Crippen molar-refractivity contribution in [1.29, 1.82) is 0 Å². The second-order valence-electron chi connectivity index (χ2n) is 5.56. The molecule has 2 aromatic rings. The van der Waals surface area contributed by atoms with E-state index in [2.05, 4.69) is 5.32 Å². The molecule has 138 valence electrons. The third-order valence-corrected chi connectivity index (χ3v) is 3.54. The summed E-state index contributed by atoms with van der Waals surface area (Å²) in [4.78, 5) is 24.0. The molecule has 0 unspecified atom stereocenters. The minimum atomic E-state index is -0.403. The molecule has 2 aromatic carbocycles. The van der Waals surface area contributed by atoms with Crippen molar-refractivity contribution in [2.45, 2.75) is 19.8 Å². The predicted octanol–water partition coefficient (Wildman–Crippen LogP) is 3.67. The zero-order valence-electron chi connectivity index (χ0n) is 15.0. The van der Waals surface area contributed by atoms with Crippen molar-refractivity contribution >= 4 is 17.6 Å². The van der Waals surface area contributed by atoms with Crippen molar-refractivity contribution in [3.05, 3.63) is 54.1 Å². The van der Waals surface area contributed by atoms with Crippen LogP contribution < -0.4 is 14.8 Å². The number of unbranched alkanes of at least 4 members (excludes halogenated alkanes) is 1. The molecule has 0 radical (unpaired) electrons. The number of methoxy groups -OCH3 is 1. The first-order valence-electron chi connectivity index (χ1n) is 8.47. The lowest BCUT2D eigenvalue weighted by atomic mass is 10.2. The van der Waals surface area contributed by atoms with Gasteiger partial charge in [-0.25, -0.2) is 4.79 Å². The van der Waals surface area contributed by atoms with E-state index in [9.17, 15) is 9.59 Å². The van der Waals surface area contributed by atoms with Gasteiger partial charge < -0.3 is 19.5 Å². The number of amides is 1. The maximum absolute atomic E-state index is 12.1. The first-order chi connectivity index (χ1) is 12.6. The average Bonchev–Trinajstić information content (AvgIpc) is 2.67. The van der Waals surface area contributed by atoms with E-state index >= 15 is 0 Å². The lowest BCUT2D eigenvalue weighted by Gasteiger charge is -2.11. The summed E-state index contributed by atoms with van der Waals surface area (Å²) < 4.78 is 15.8. The molecule has 6 heteroatoms. The van der Waals surface area contributed by atoms with E-state index in [1.807, 2.05) is 13.0 Å². The number of benzene rings is 2. The minimum Gasteiger partial charge on any atom is -0.493 e. The Morgan fingerprint density at radius 3 is 2.54 bits per heavy atom. The van der Waals surface area contributed by atoms with Gasteiger partial charge in [0, 0.05) is 5.69 Å². The highest BCUT2D eigenvalue weighted by atomic mass is 16.5. The van der Waals surface area contributed by atoms with Gasteiger partial charge in [0.1, 0.15) is 0 Å². The molecular formula is C20H23NO5. The van der Waals surface area contributed by atoms with Gasteiger partial charge in [-0.05, 0) is 36.8 Å².